The van der Waals surface area contributed by atoms with Gasteiger partial charge in [0.25, 0.3) is 0 Å². The van der Waals surface area contributed by atoms with Crippen molar-refractivity contribution < 1.29 is 23.1 Å². The zero-order chi connectivity index (χ0) is 23.5. The van der Waals surface area contributed by atoms with Gasteiger partial charge in [0.15, 0.2) is 0 Å². The van der Waals surface area contributed by atoms with Gasteiger partial charge < -0.3 is 20.6 Å². The summed E-state index contributed by atoms with van der Waals surface area (Å²) in [4.78, 5) is 22.8. The van der Waals surface area contributed by atoms with Crippen molar-refractivity contribution in [2.75, 3.05) is 18.5 Å². The molecule has 0 aliphatic carbocycles. The van der Waals surface area contributed by atoms with Gasteiger partial charge in [0.05, 0.1) is 41.4 Å². The van der Waals surface area contributed by atoms with E-state index in [-0.39, 0.29) is 34.8 Å². The number of fused-ring (bicyclic) bond motifs is 1. The Morgan fingerprint density at radius 2 is 2.06 bits per heavy atom. The number of carbonyl (C=O) groups is 1. The third-order valence-corrected chi connectivity index (χ3v) is 5.70. The number of alkyl halides is 3. The molecule has 1 aromatic heterocycles. The van der Waals surface area contributed by atoms with Crippen LogP contribution in [0.5, 0.6) is 0 Å². The van der Waals surface area contributed by atoms with Crippen molar-refractivity contribution in [1.82, 2.24) is 20.2 Å². The maximum Gasteiger partial charge on any atom is 0.391 e. The van der Waals surface area contributed by atoms with Crippen LogP contribution in [0.4, 0.5) is 23.9 Å². The first-order valence-electron chi connectivity index (χ1n) is 9.85. The van der Waals surface area contributed by atoms with E-state index >= 15 is 0 Å². The number of hydrogen-bond acceptors (Lipinski definition) is 5. The lowest BCUT2D eigenvalue weighted by Gasteiger charge is -2.30. The molecule has 7 nitrogen and oxygen atoms in total. The number of rotatable bonds is 6. The Kier molecular flexibility index (Phi) is 7.68. The van der Waals surface area contributed by atoms with Crippen LogP contribution in [-0.4, -0.2) is 51.4 Å². The zero-order valence-electron chi connectivity index (χ0n) is 17.1. The van der Waals surface area contributed by atoms with Gasteiger partial charge in [0, 0.05) is 18.8 Å². The highest BCUT2D eigenvalue weighted by Crippen LogP contribution is 2.33. The van der Waals surface area contributed by atoms with Gasteiger partial charge in [-0.2, -0.15) is 13.2 Å². The highest BCUT2D eigenvalue weighted by molar-refractivity contribution is 6.42. The van der Waals surface area contributed by atoms with E-state index in [2.05, 4.69) is 20.6 Å². The van der Waals surface area contributed by atoms with E-state index in [9.17, 15) is 18.0 Å². The van der Waals surface area contributed by atoms with Crippen LogP contribution >= 0.6 is 23.2 Å². The number of nitrogens with zero attached hydrogens (tertiary/aromatic N) is 3. The number of aromatic nitrogens is 2. The molecule has 2 aromatic rings. The molecule has 1 aromatic carbocycles. The molecule has 2 heterocycles. The SMILES string of the molecule is C[C@@H](CO)Nc1ncc2c(n1)CN(C(=O)N[C@H](CC(F)(F)F)c1ccc(Cl)c(Cl)c1)CC2. The molecule has 3 rings (SSSR count). The van der Waals surface area contributed by atoms with Crippen LogP contribution in [0.25, 0.3) is 0 Å². The van der Waals surface area contributed by atoms with Gasteiger partial charge in [0.1, 0.15) is 0 Å². The average molecular weight is 492 g/mol. The summed E-state index contributed by atoms with van der Waals surface area (Å²) >= 11 is 11.8. The topological polar surface area (TPSA) is 90.4 Å². The Bertz CT molecular complexity index is 977. The lowest BCUT2D eigenvalue weighted by atomic mass is 10.0. The molecule has 0 unspecified atom stereocenters. The number of aliphatic hydroxyl groups excluding tert-OH is 1. The number of aliphatic hydroxyl groups is 1. The van der Waals surface area contributed by atoms with Gasteiger partial charge >= 0.3 is 12.2 Å². The Balaban J connectivity index is 1.75. The van der Waals surface area contributed by atoms with E-state index in [0.717, 1.165) is 5.56 Å². The zero-order valence-corrected chi connectivity index (χ0v) is 18.6. The number of halogens is 5. The number of nitrogens with one attached hydrogen (secondary N) is 2. The Labute approximate surface area is 192 Å². The number of benzene rings is 1. The molecule has 1 aliphatic heterocycles. The minimum atomic E-state index is -4.50. The molecule has 0 radical (unpaired) electrons. The lowest BCUT2D eigenvalue weighted by molar-refractivity contribution is -0.139. The van der Waals surface area contributed by atoms with Crippen molar-refractivity contribution in [2.24, 2.45) is 0 Å². The van der Waals surface area contributed by atoms with Crippen molar-refractivity contribution in [3.05, 3.63) is 51.3 Å². The molecule has 0 bridgehead atoms. The number of anilines is 1. The van der Waals surface area contributed by atoms with Gasteiger partial charge in [-0.1, -0.05) is 29.3 Å². The van der Waals surface area contributed by atoms with E-state index in [4.69, 9.17) is 28.3 Å². The maximum atomic E-state index is 13.2. The first kappa shape index (κ1) is 24.3. The van der Waals surface area contributed by atoms with Crippen molar-refractivity contribution in [1.29, 1.82) is 0 Å². The molecule has 2 amide bonds. The van der Waals surface area contributed by atoms with Crippen LogP contribution in [0, 0.1) is 0 Å². The van der Waals surface area contributed by atoms with Crippen molar-refractivity contribution in [3.63, 3.8) is 0 Å². The van der Waals surface area contributed by atoms with E-state index in [0.29, 0.717) is 24.6 Å². The third-order valence-electron chi connectivity index (χ3n) is 4.96. The van der Waals surface area contributed by atoms with Crippen LogP contribution in [0.1, 0.15) is 36.2 Å². The minimum Gasteiger partial charge on any atom is -0.394 e. The normalized spacial score (nSPS) is 15.7. The second kappa shape index (κ2) is 10.1. The van der Waals surface area contributed by atoms with Crippen molar-refractivity contribution in [3.8, 4) is 0 Å². The van der Waals surface area contributed by atoms with Gasteiger partial charge in [-0.3, -0.25) is 0 Å². The van der Waals surface area contributed by atoms with E-state index in [1.165, 1.54) is 23.1 Å². The van der Waals surface area contributed by atoms with Crippen LogP contribution in [0.2, 0.25) is 10.0 Å². The molecule has 1 aliphatic rings. The van der Waals surface area contributed by atoms with Crippen LogP contribution in [0.15, 0.2) is 24.4 Å². The molecule has 32 heavy (non-hydrogen) atoms. The minimum absolute atomic E-state index is 0.103. The smallest absolute Gasteiger partial charge is 0.391 e. The van der Waals surface area contributed by atoms with E-state index < -0.39 is 24.7 Å². The van der Waals surface area contributed by atoms with Crippen LogP contribution in [-0.2, 0) is 13.0 Å². The van der Waals surface area contributed by atoms with Crippen molar-refractivity contribution in [2.45, 2.75) is 44.6 Å². The summed E-state index contributed by atoms with van der Waals surface area (Å²) in [6.45, 7) is 2.07. The van der Waals surface area contributed by atoms with E-state index in [1.54, 1.807) is 13.1 Å². The highest BCUT2D eigenvalue weighted by atomic mass is 35.5. The summed E-state index contributed by atoms with van der Waals surface area (Å²) in [5.74, 6) is 0.304. The summed E-state index contributed by atoms with van der Waals surface area (Å²) in [6.07, 6.45) is -3.65. The van der Waals surface area contributed by atoms with Crippen molar-refractivity contribution >= 4 is 35.2 Å². The molecule has 174 valence electrons. The second-order valence-electron chi connectivity index (χ2n) is 7.56. The molecule has 2 atom stereocenters. The first-order chi connectivity index (χ1) is 15.1. The quantitative estimate of drug-likeness (QED) is 0.559. The van der Waals surface area contributed by atoms with E-state index in [1.807, 2.05) is 0 Å². The summed E-state index contributed by atoms with van der Waals surface area (Å²) < 4.78 is 39.5. The van der Waals surface area contributed by atoms with Gasteiger partial charge in [-0.05, 0) is 36.6 Å². The molecular weight excluding hydrogens is 470 g/mol. The second-order valence-corrected chi connectivity index (χ2v) is 8.37. The molecule has 12 heteroatoms. The van der Waals surface area contributed by atoms with Gasteiger partial charge in [-0.25, -0.2) is 14.8 Å². The Hall–Kier alpha value is -2.30. The molecule has 0 spiro atoms. The number of hydrogen-bond donors (Lipinski definition) is 3. The Morgan fingerprint density at radius 1 is 1.31 bits per heavy atom. The summed E-state index contributed by atoms with van der Waals surface area (Å²) in [6, 6.07) is 1.89. The van der Waals surface area contributed by atoms with Crippen LogP contribution in [0.3, 0.4) is 0 Å². The molecule has 0 saturated heterocycles. The summed E-state index contributed by atoms with van der Waals surface area (Å²) in [5.41, 5.74) is 1.65. The predicted molar refractivity (Wildman–Crippen MR) is 115 cm³/mol. The van der Waals surface area contributed by atoms with Gasteiger partial charge in [-0.15, -0.1) is 0 Å². The monoisotopic (exact) mass is 491 g/mol. The molecule has 0 fully saturated rings. The molecule has 3 N–H and O–H groups in total. The number of carbonyl (C=O) groups excluding carboxylic acids is 1. The predicted octanol–water partition coefficient (Wildman–Crippen LogP) is 4.34. The van der Waals surface area contributed by atoms with Crippen LogP contribution < -0.4 is 10.6 Å². The average Bonchev–Trinajstić information content (AvgIpc) is 2.73. The standard InChI is InChI=1S/C20H22Cl2F3N5O2/c1-11(10-31)27-18-26-8-13-4-5-30(9-17(13)28-18)19(32)29-16(7-20(23,24)25)12-2-3-14(21)15(22)6-12/h2-3,6,8,11,16,31H,4-5,7,9-10H2,1H3,(H,29,32)(H,26,27,28)/t11-,16+/m0/s1. The number of amides is 2. The number of urea groups is 1. The molecule has 0 saturated carbocycles. The fourth-order valence-electron chi connectivity index (χ4n) is 3.27. The fraction of sp³-hybridized carbons (Fsp3) is 0.450. The summed E-state index contributed by atoms with van der Waals surface area (Å²) in [5, 5.41) is 14.9. The third kappa shape index (κ3) is 6.36. The maximum absolute atomic E-state index is 13.2. The van der Waals surface area contributed by atoms with Gasteiger partial charge in [0.2, 0.25) is 5.95 Å². The largest absolute Gasteiger partial charge is 0.394 e. The fourth-order valence-corrected chi connectivity index (χ4v) is 3.57. The summed E-state index contributed by atoms with van der Waals surface area (Å²) in [7, 11) is 0. The Morgan fingerprint density at radius 3 is 2.72 bits per heavy atom. The highest BCUT2D eigenvalue weighted by Gasteiger charge is 2.35. The first-order valence-corrected chi connectivity index (χ1v) is 10.6. The molecular formula is C20H22Cl2F3N5O2. The lowest BCUT2D eigenvalue weighted by Crippen LogP contribution is -2.45.